The molecule has 1 saturated carbocycles. The van der Waals surface area contributed by atoms with E-state index in [0.717, 1.165) is 63.1 Å². The summed E-state index contributed by atoms with van der Waals surface area (Å²) in [4.78, 5) is 11.7. The van der Waals surface area contributed by atoms with Crippen molar-refractivity contribution in [1.82, 2.24) is 44.9 Å². The number of nitrogens with zero attached hydrogens (tertiary/aromatic N) is 9. The predicted molar refractivity (Wildman–Crippen MR) is 167 cm³/mol. The molecule has 6 rings (SSSR count). The second-order valence-electron chi connectivity index (χ2n) is 11.3. The zero-order chi connectivity index (χ0) is 31.0. The molecule has 45 heavy (non-hydrogen) atoms. The summed E-state index contributed by atoms with van der Waals surface area (Å²) in [6.07, 6.45) is 11.3. The smallest absolute Gasteiger partial charge is 0.257 e. The van der Waals surface area contributed by atoms with Crippen molar-refractivity contribution in [3.63, 3.8) is 0 Å². The Hall–Kier alpha value is -3.85. The summed E-state index contributed by atoms with van der Waals surface area (Å²) in [5.74, 6) is 1.50. The van der Waals surface area contributed by atoms with Crippen molar-refractivity contribution >= 4 is 23.2 Å². The fraction of sp³-hybridized carbons (Fsp3) is 0.533. The lowest BCUT2D eigenvalue weighted by atomic mass is 9.90. The largest absolute Gasteiger partial charge is 0.487 e. The quantitative estimate of drug-likeness (QED) is 0.211. The number of hydrogen-bond acceptors (Lipinski definition) is 12. The third-order valence-corrected chi connectivity index (χ3v) is 8.47. The molecule has 0 bridgehead atoms. The van der Waals surface area contributed by atoms with Crippen molar-refractivity contribution in [2.45, 2.75) is 57.3 Å². The zero-order valence-electron chi connectivity index (χ0n) is 25.6. The van der Waals surface area contributed by atoms with E-state index in [4.69, 9.17) is 35.6 Å². The van der Waals surface area contributed by atoms with Gasteiger partial charge in [-0.1, -0.05) is 17.7 Å². The van der Waals surface area contributed by atoms with Crippen molar-refractivity contribution in [2.75, 3.05) is 51.9 Å². The van der Waals surface area contributed by atoms with E-state index in [9.17, 15) is 0 Å². The van der Waals surface area contributed by atoms with E-state index < -0.39 is 0 Å². The predicted octanol–water partition coefficient (Wildman–Crippen LogP) is 4.03. The van der Waals surface area contributed by atoms with Crippen LogP contribution in [0.3, 0.4) is 0 Å². The Morgan fingerprint density at radius 1 is 1.04 bits per heavy atom. The van der Waals surface area contributed by atoms with E-state index >= 15 is 0 Å². The van der Waals surface area contributed by atoms with Gasteiger partial charge < -0.3 is 24.3 Å². The summed E-state index contributed by atoms with van der Waals surface area (Å²) in [6.45, 7) is 6.98. The first kappa shape index (κ1) is 31.1. The molecule has 15 heteroatoms. The van der Waals surface area contributed by atoms with Crippen molar-refractivity contribution in [3.8, 4) is 22.8 Å². The van der Waals surface area contributed by atoms with Gasteiger partial charge in [0.15, 0.2) is 0 Å². The average Bonchev–Trinajstić information content (AvgIpc) is 3.73. The van der Waals surface area contributed by atoms with Crippen LogP contribution in [-0.2, 0) is 16.0 Å². The highest BCUT2D eigenvalue weighted by Crippen LogP contribution is 2.35. The summed E-state index contributed by atoms with van der Waals surface area (Å²) in [5, 5.41) is 19.8. The number of rotatable bonds is 13. The van der Waals surface area contributed by atoms with E-state index in [1.165, 1.54) is 0 Å². The molecule has 1 saturated heterocycles. The summed E-state index contributed by atoms with van der Waals surface area (Å²) >= 11 is 6.44. The van der Waals surface area contributed by atoms with Crippen LogP contribution in [0, 0.1) is 0 Å². The summed E-state index contributed by atoms with van der Waals surface area (Å²) in [6, 6.07) is 6.51. The summed E-state index contributed by atoms with van der Waals surface area (Å²) in [7, 11) is 1.65. The molecule has 1 aliphatic heterocycles. The van der Waals surface area contributed by atoms with Gasteiger partial charge in [0, 0.05) is 44.2 Å². The molecule has 4 heterocycles. The Balaban J connectivity index is 1.11. The Bertz CT molecular complexity index is 1490. The van der Waals surface area contributed by atoms with Crippen LogP contribution in [0.1, 0.15) is 38.6 Å². The first-order valence-corrected chi connectivity index (χ1v) is 15.7. The summed E-state index contributed by atoms with van der Waals surface area (Å²) in [5.41, 5.74) is 2.41. The third kappa shape index (κ3) is 8.06. The molecule has 1 aliphatic carbocycles. The molecule has 2 fully saturated rings. The van der Waals surface area contributed by atoms with E-state index in [0.29, 0.717) is 60.1 Å². The second-order valence-corrected chi connectivity index (χ2v) is 11.7. The van der Waals surface area contributed by atoms with Crippen LogP contribution in [0.4, 0.5) is 11.6 Å². The number of tetrazole rings is 1. The van der Waals surface area contributed by atoms with Gasteiger partial charge >= 0.3 is 0 Å². The van der Waals surface area contributed by atoms with Crippen molar-refractivity contribution in [2.24, 2.45) is 0 Å². The Kier molecular flexibility index (Phi) is 10.4. The Morgan fingerprint density at radius 2 is 1.82 bits per heavy atom. The van der Waals surface area contributed by atoms with Crippen molar-refractivity contribution in [3.05, 3.63) is 48.1 Å². The molecule has 1 aromatic carbocycles. The van der Waals surface area contributed by atoms with E-state index in [2.05, 4.69) is 35.7 Å². The van der Waals surface area contributed by atoms with Crippen LogP contribution in [0.2, 0.25) is 5.02 Å². The van der Waals surface area contributed by atoms with E-state index in [1.54, 1.807) is 36.6 Å². The van der Waals surface area contributed by atoms with Crippen molar-refractivity contribution < 1.29 is 18.9 Å². The lowest BCUT2D eigenvalue weighted by Gasteiger charge is -2.38. The average molecular weight is 639 g/mol. The van der Waals surface area contributed by atoms with Crippen LogP contribution < -0.4 is 14.8 Å². The van der Waals surface area contributed by atoms with Crippen LogP contribution >= 0.6 is 11.6 Å². The minimum atomic E-state index is -0.204. The molecule has 2 aliphatic rings. The number of nitrogens with one attached hydrogen (secondary N) is 1. The molecule has 3 aromatic heterocycles. The van der Waals surface area contributed by atoms with Crippen LogP contribution in [0.15, 0.2) is 43.1 Å². The van der Waals surface area contributed by atoms with Gasteiger partial charge in [0.25, 0.3) is 5.88 Å². The SMILES string of the molecule is COCCOc1nn(C2CCC(N3CCOCC3)CC2)cc1Nc1ncc(-c2ccc(Cl)c(OC(C)Cn3cnnn3)c2)cn1. The Labute approximate surface area is 267 Å². The molecule has 1 atom stereocenters. The van der Waals surface area contributed by atoms with Gasteiger partial charge in [-0.15, -0.1) is 10.2 Å². The molecule has 1 unspecified atom stereocenters. The van der Waals surface area contributed by atoms with Gasteiger partial charge in [-0.2, -0.15) is 0 Å². The molecule has 1 N–H and O–H groups in total. The Morgan fingerprint density at radius 3 is 2.56 bits per heavy atom. The van der Waals surface area contributed by atoms with Crippen molar-refractivity contribution in [1.29, 1.82) is 0 Å². The first-order valence-electron chi connectivity index (χ1n) is 15.3. The number of anilines is 2. The number of hydrogen-bond donors (Lipinski definition) is 1. The van der Waals surface area contributed by atoms with Gasteiger partial charge in [0.05, 0.1) is 43.6 Å². The van der Waals surface area contributed by atoms with Crippen LogP contribution in [0.5, 0.6) is 11.6 Å². The normalized spacial score (nSPS) is 19.7. The molecular weight excluding hydrogens is 600 g/mol. The number of morpholine rings is 1. The fourth-order valence-corrected chi connectivity index (χ4v) is 5.99. The maximum atomic E-state index is 6.44. The number of ether oxygens (including phenoxy) is 4. The third-order valence-electron chi connectivity index (χ3n) is 8.15. The molecule has 0 spiro atoms. The second kappa shape index (κ2) is 15.0. The molecule has 14 nitrogen and oxygen atoms in total. The summed E-state index contributed by atoms with van der Waals surface area (Å²) < 4.78 is 26.4. The number of benzene rings is 1. The lowest BCUT2D eigenvalue weighted by Crippen LogP contribution is -2.45. The molecule has 0 amide bonds. The molecule has 0 radical (unpaired) electrons. The van der Waals surface area contributed by atoms with Gasteiger partial charge in [-0.25, -0.2) is 14.6 Å². The standard InChI is InChI=1S/C30H39ClN10O4/c1-21(18-40-20-34-37-38-40)45-28-15-22(3-8-26(28)31)23-16-32-30(33-17-23)35-27-19-41(36-29(27)44-14-13-42-2)25-6-4-24(5-7-25)39-9-11-43-12-10-39/h3,8,15-17,19-21,24-25H,4-7,9-14,18H2,1-2H3,(H,32,33,35). The maximum absolute atomic E-state index is 6.44. The van der Waals surface area contributed by atoms with Gasteiger partial charge in [0.2, 0.25) is 5.95 Å². The zero-order valence-corrected chi connectivity index (χ0v) is 26.3. The molecular formula is C30H39ClN10O4. The molecule has 240 valence electrons. The van der Waals surface area contributed by atoms with Crippen LogP contribution in [-0.4, -0.2) is 104 Å². The minimum Gasteiger partial charge on any atom is -0.487 e. The highest BCUT2D eigenvalue weighted by Gasteiger charge is 2.29. The van der Waals surface area contributed by atoms with E-state index in [1.807, 2.05) is 29.9 Å². The van der Waals surface area contributed by atoms with Gasteiger partial charge in [-0.3, -0.25) is 9.58 Å². The van der Waals surface area contributed by atoms with Gasteiger partial charge in [-0.05, 0) is 60.7 Å². The van der Waals surface area contributed by atoms with Gasteiger partial charge in [0.1, 0.15) is 30.5 Å². The minimum absolute atomic E-state index is 0.204. The lowest BCUT2D eigenvalue weighted by molar-refractivity contribution is 0.00502. The fourth-order valence-electron chi connectivity index (χ4n) is 5.82. The highest BCUT2D eigenvalue weighted by atomic mass is 35.5. The number of methoxy groups -OCH3 is 1. The monoisotopic (exact) mass is 638 g/mol. The first-order chi connectivity index (χ1) is 22.1. The van der Waals surface area contributed by atoms with Crippen LogP contribution in [0.25, 0.3) is 11.1 Å². The highest BCUT2D eigenvalue weighted by molar-refractivity contribution is 6.32. The number of aromatic nitrogens is 8. The number of halogens is 1. The molecule has 4 aromatic rings. The van der Waals surface area contributed by atoms with E-state index in [-0.39, 0.29) is 6.10 Å². The topological polar surface area (TPSA) is 139 Å². The maximum Gasteiger partial charge on any atom is 0.257 e.